The van der Waals surface area contributed by atoms with Crippen LogP contribution in [-0.4, -0.2) is 39.1 Å². The summed E-state index contributed by atoms with van der Waals surface area (Å²) in [5.41, 5.74) is 1.22. The topological polar surface area (TPSA) is 49.4 Å². The van der Waals surface area contributed by atoms with Crippen molar-refractivity contribution in [3.05, 3.63) is 34.9 Å². The molecule has 0 saturated heterocycles. The van der Waals surface area contributed by atoms with Gasteiger partial charge in [-0.05, 0) is 36.5 Å². The molecule has 1 aliphatic carbocycles. The van der Waals surface area contributed by atoms with Gasteiger partial charge in [0.15, 0.2) is 0 Å². The molecule has 0 heterocycles. The van der Waals surface area contributed by atoms with Crippen LogP contribution in [0.5, 0.6) is 0 Å². The van der Waals surface area contributed by atoms with Gasteiger partial charge in [0.05, 0.1) is 6.26 Å². The van der Waals surface area contributed by atoms with E-state index in [1.165, 1.54) is 29.0 Å². The Balaban J connectivity index is 1.92. The standard InChI is InChI=1S/C14H21ClN2O2S/c1-17(20(2,18)19)10-9-16-14(11-3-4-11)12-5-7-13(15)8-6-12/h5-8,11,14,16H,3-4,9-10H2,1-2H3/t14-/m1/s1. The summed E-state index contributed by atoms with van der Waals surface area (Å²) < 4.78 is 24.1. The first kappa shape index (κ1) is 15.8. The third-order valence-electron chi connectivity index (χ3n) is 3.68. The van der Waals surface area contributed by atoms with Crippen LogP contribution in [0.15, 0.2) is 24.3 Å². The van der Waals surface area contributed by atoms with Gasteiger partial charge in [-0.15, -0.1) is 0 Å². The zero-order valence-corrected chi connectivity index (χ0v) is 13.4. The molecule has 1 atom stereocenters. The number of likely N-dealkylation sites (N-methyl/N-ethyl adjacent to an activating group) is 1. The minimum Gasteiger partial charge on any atom is -0.308 e. The van der Waals surface area contributed by atoms with E-state index in [0.29, 0.717) is 25.0 Å². The summed E-state index contributed by atoms with van der Waals surface area (Å²) >= 11 is 5.91. The maximum absolute atomic E-state index is 11.3. The van der Waals surface area contributed by atoms with Crippen molar-refractivity contribution in [2.24, 2.45) is 5.92 Å². The highest BCUT2D eigenvalue weighted by molar-refractivity contribution is 7.88. The van der Waals surface area contributed by atoms with Crippen molar-refractivity contribution in [2.45, 2.75) is 18.9 Å². The molecule has 1 fully saturated rings. The number of hydrogen-bond acceptors (Lipinski definition) is 3. The fraction of sp³-hybridized carbons (Fsp3) is 0.571. The number of nitrogens with one attached hydrogen (secondary N) is 1. The molecule has 0 radical (unpaired) electrons. The lowest BCUT2D eigenvalue weighted by atomic mass is 10.0. The lowest BCUT2D eigenvalue weighted by molar-refractivity contribution is 0.423. The first-order valence-electron chi connectivity index (χ1n) is 6.78. The van der Waals surface area contributed by atoms with Crippen LogP contribution in [-0.2, 0) is 10.0 Å². The predicted molar refractivity (Wildman–Crippen MR) is 82.4 cm³/mol. The molecule has 0 aromatic heterocycles. The minimum absolute atomic E-state index is 0.292. The van der Waals surface area contributed by atoms with Crippen LogP contribution in [0.2, 0.25) is 5.02 Å². The summed E-state index contributed by atoms with van der Waals surface area (Å²) in [5, 5.41) is 4.21. The third-order valence-corrected chi connectivity index (χ3v) is 5.25. The molecule has 1 N–H and O–H groups in total. The van der Waals surface area contributed by atoms with E-state index in [4.69, 9.17) is 11.6 Å². The first-order valence-corrected chi connectivity index (χ1v) is 9.00. The van der Waals surface area contributed by atoms with Gasteiger partial charge < -0.3 is 5.32 Å². The average Bonchev–Trinajstić information content (AvgIpc) is 3.19. The van der Waals surface area contributed by atoms with Crippen LogP contribution in [0.3, 0.4) is 0 Å². The van der Waals surface area contributed by atoms with E-state index in [2.05, 4.69) is 5.32 Å². The second-order valence-electron chi connectivity index (χ2n) is 5.41. The molecular formula is C14H21ClN2O2S. The molecule has 20 heavy (non-hydrogen) atoms. The Bertz CT molecular complexity index is 541. The molecule has 0 spiro atoms. The highest BCUT2D eigenvalue weighted by Gasteiger charge is 2.31. The molecule has 2 rings (SSSR count). The third kappa shape index (κ3) is 4.45. The Kier molecular flexibility index (Phi) is 5.07. The molecule has 1 saturated carbocycles. The zero-order chi connectivity index (χ0) is 14.8. The van der Waals surface area contributed by atoms with Crippen molar-refractivity contribution >= 4 is 21.6 Å². The zero-order valence-electron chi connectivity index (χ0n) is 11.8. The molecule has 4 nitrogen and oxygen atoms in total. The van der Waals surface area contributed by atoms with Gasteiger partial charge in [-0.1, -0.05) is 23.7 Å². The van der Waals surface area contributed by atoms with Gasteiger partial charge in [-0.2, -0.15) is 0 Å². The number of rotatable bonds is 7. The van der Waals surface area contributed by atoms with E-state index in [9.17, 15) is 8.42 Å². The van der Waals surface area contributed by atoms with Crippen molar-refractivity contribution < 1.29 is 8.42 Å². The molecular weight excluding hydrogens is 296 g/mol. The average molecular weight is 317 g/mol. The Morgan fingerprint density at radius 1 is 1.35 bits per heavy atom. The number of nitrogens with zero attached hydrogens (tertiary/aromatic N) is 1. The summed E-state index contributed by atoms with van der Waals surface area (Å²) in [6, 6.07) is 8.17. The van der Waals surface area contributed by atoms with E-state index >= 15 is 0 Å². The van der Waals surface area contributed by atoms with E-state index in [-0.39, 0.29) is 0 Å². The Morgan fingerprint density at radius 2 is 1.95 bits per heavy atom. The van der Waals surface area contributed by atoms with E-state index in [0.717, 1.165) is 5.02 Å². The van der Waals surface area contributed by atoms with Crippen molar-refractivity contribution in [3.8, 4) is 0 Å². The fourth-order valence-corrected chi connectivity index (χ4v) is 2.75. The fourth-order valence-electron chi connectivity index (χ4n) is 2.20. The van der Waals surface area contributed by atoms with Gasteiger partial charge in [0.1, 0.15) is 0 Å². The summed E-state index contributed by atoms with van der Waals surface area (Å²) in [6.45, 7) is 1.13. The molecule has 1 aromatic carbocycles. The highest BCUT2D eigenvalue weighted by Crippen LogP contribution is 2.41. The minimum atomic E-state index is -3.10. The van der Waals surface area contributed by atoms with Gasteiger partial charge in [0.2, 0.25) is 10.0 Å². The summed E-state index contributed by atoms with van der Waals surface area (Å²) in [4.78, 5) is 0. The molecule has 1 aromatic rings. The van der Waals surface area contributed by atoms with E-state index in [1.54, 1.807) is 7.05 Å². The van der Waals surface area contributed by atoms with E-state index in [1.807, 2.05) is 24.3 Å². The second-order valence-corrected chi connectivity index (χ2v) is 7.93. The van der Waals surface area contributed by atoms with E-state index < -0.39 is 10.0 Å². The number of halogens is 1. The quantitative estimate of drug-likeness (QED) is 0.839. The second kappa shape index (κ2) is 6.43. The van der Waals surface area contributed by atoms with Crippen LogP contribution in [0, 0.1) is 5.92 Å². The number of hydrogen-bond donors (Lipinski definition) is 1. The van der Waals surface area contributed by atoms with Gasteiger partial charge in [-0.25, -0.2) is 12.7 Å². The molecule has 0 bridgehead atoms. The lowest BCUT2D eigenvalue weighted by Gasteiger charge is -2.21. The molecule has 1 aliphatic rings. The molecule has 0 unspecified atom stereocenters. The lowest BCUT2D eigenvalue weighted by Crippen LogP contribution is -2.35. The van der Waals surface area contributed by atoms with Gasteiger partial charge in [0.25, 0.3) is 0 Å². The summed E-state index contributed by atoms with van der Waals surface area (Å²) in [6.07, 6.45) is 3.68. The summed E-state index contributed by atoms with van der Waals surface area (Å²) in [7, 11) is -1.50. The normalized spacial score (nSPS) is 17.4. The molecule has 0 aliphatic heterocycles. The number of benzene rings is 1. The Labute approximate surface area is 126 Å². The van der Waals surface area contributed by atoms with Crippen LogP contribution in [0.25, 0.3) is 0 Å². The van der Waals surface area contributed by atoms with Gasteiger partial charge in [-0.3, -0.25) is 0 Å². The van der Waals surface area contributed by atoms with Gasteiger partial charge in [0, 0.05) is 31.2 Å². The molecule has 0 amide bonds. The Hall–Kier alpha value is -0.620. The van der Waals surface area contributed by atoms with Crippen molar-refractivity contribution in [1.82, 2.24) is 9.62 Å². The first-order chi connectivity index (χ1) is 9.38. The maximum Gasteiger partial charge on any atom is 0.210 e. The van der Waals surface area contributed by atoms with Crippen LogP contribution in [0.1, 0.15) is 24.4 Å². The number of sulfonamides is 1. The smallest absolute Gasteiger partial charge is 0.210 e. The molecule has 6 heteroatoms. The highest BCUT2D eigenvalue weighted by atomic mass is 35.5. The van der Waals surface area contributed by atoms with Crippen molar-refractivity contribution in [3.63, 3.8) is 0 Å². The monoisotopic (exact) mass is 316 g/mol. The maximum atomic E-state index is 11.3. The predicted octanol–water partition coefficient (Wildman–Crippen LogP) is 2.27. The van der Waals surface area contributed by atoms with Crippen LogP contribution >= 0.6 is 11.6 Å². The van der Waals surface area contributed by atoms with Crippen molar-refractivity contribution in [1.29, 1.82) is 0 Å². The largest absolute Gasteiger partial charge is 0.308 e. The van der Waals surface area contributed by atoms with Gasteiger partial charge >= 0.3 is 0 Å². The van der Waals surface area contributed by atoms with Crippen LogP contribution < -0.4 is 5.32 Å². The van der Waals surface area contributed by atoms with Crippen LogP contribution in [0.4, 0.5) is 0 Å². The molecule has 112 valence electrons. The Morgan fingerprint density at radius 3 is 2.45 bits per heavy atom. The summed E-state index contributed by atoms with van der Waals surface area (Å²) in [5.74, 6) is 0.653. The van der Waals surface area contributed by atoms with Crippen molar-refractivity contribution in [2.75, 3.05) is 26.4 Å². The SMILES string of the molecule is CN(CCN[C@@H](c1ccc(Cl)cc1)C1CC1)S(C)(=O)=O.